The Morgan fingerprint density at radius 3 is 2.46 bits per heavy atom. The van der Waals surface area contributed by atoms with Crippen molar-refractivity contribution < 1.29 is 4.79 Å². The molecule has 1 aromatic heterocycles. The van der Waals surface area contributed by atoms with E-state index in [4.69, 9.17) is 0 Å². The first-order valence-electron chi connectivity index (χ1n) is 10.1. The van der Waals surface area contributed by atoms with E-state index in [-0.39, 0.29) is 12.5 Å². The fourth-order valence-electron chi connectivity index (χ4n) is 3.65. The van der Waals surface area contributed by atoms with Crippen LogP contribution in [0.2, 0.25) is 0 Å². The summed E-state index contributed by atoms with van der Waals surface area (Å²) >= 11 is 0. The molecule has 2 aromatic rings. The first-order chi connectivity index (χ1) is 13.7. The van der Waals surface area contributed by atoms with Gasteiger partial charge in [-0.1, -0.05) is 30.3 Å². The van der Waals surface area contributed by atoms with E-state index in [0.29, 0.717) is 11.9 Å². The number of nitrogens with zero attached hydrogens (tertiary/aromatic N) is 3. The molecular formula is C22H31N5O. The van der Waals surface area contributed by atoms with Gasteiger partial charge in [0.2, 0.25) is 5.91 Å². The standard InChI is InChI=1S/C22H31N5O/c1-23-22(24-11-16-26-12-5-6-13-26)25-18-21(28)27-14-9-20(10-15-27)17-19-7-3-2-4-8-19/h2-8,12-13,20H,9-11,14-18H2,1H3,(H2,23,24,25). The number of guanidine groups is 1. The van der Waals surface area contributed by atoms with Crippen molar-refractivity contribution in [2.75, 3.05) is 33.2 Å². The second-order valence-electron chi connectivity index (χ2n) is 7.29. The highest BCUT2D eigenvalue weighted by Crippen LogP contribution is 2.21. The van der Waals surface area contributed by atoms with Gasteiger partial charge in [0, 0.05) is 45.6 Å². The molecule has 1 amide bonds. The van der Waals surface area contributed by atoms with Crippen molar-refractivity contribution in [2.45, 2.75) is 25.8 Å². The van der Waals surface area contributed by atoms with Crippen LogP contribution in [0, 0.1) is 5.92 Å². The van der Waals surface area contributed by atoms with E-state index < -0.39 is 0 Å². The summed E-state index contributed by atoms with van der Waals surface area (Å²) < 4.78 is 2.10. The average molecular weight is 382 g/mol. The van der Waals surface area contributed by atoms with Gasteiger partial charge in [0.1, 0.15) is 0 Å². The quantitative estimate of drug-likeness (QED) is 0.571. The lowest BCUT2D eigenvalue weighted by Crippen LogP contribution is -2.47. The molecule has 0 atom stereocenters. The Morgan fingerprint density at radius 1 is 1.07 bits per heavy atom. The Bertz CT molecular complexity index is 734. The maximum Gasteiger partial charge on any atom is 0.241 e. The number of aromatic nitrogens is 1. The maximum atomic E-state index is 12.5. The number of aliphatic imine (C=N–C) groups is 1. The third kappa shape index (κ3) is 6.15. The molecule has 3 rings (SSSR count). The Labute approximate surface area is 167 Å². The van der Waals surface area contributed by atoms with Crippen molar-refractivity contribution >= 4 is 11.9 Å². The molecule has 0 unspecified atom stereocenters. The van der Waals surface area contributed by atoms with Gasteiger partial charge in [-0.2, -0.15) is 0 Å². The minimum Gasteiger partial charge on any atom is -0.355 e. The molecule has 0 spiro atoms. The zero-order valence-corrected chi connectivity index (χ0v) is 16.7. The lowest BCUT2D eigenvalue weighted by Gasteiger charge is -2.32. The van der Waals surface area contributed by atoms with Gasteiger partial charge < -0.3 is 20.1 Å². The number of amides is 1. The highest BCUT2D eigenvalue weighted by Gasteiger charge is 2.22. The van der Waals surface area contributed by atoms with Crippen molar-refractivity contribution in [2.24, 2.45) is 10.9 Å². The van der Waals surface area contributed by atoms with Gasteiger partial charge >= 0.3 is 0 Å². The van der Waals surface area contributed by atoms with Crippen LogP contribution in [0.3, 0.4) is 0 Å². The molecule has 6 nitrogen and oxygen atoms in total. The molecule has 2 N–H and O–H groups in total. The number of carbonyl (C=O) groups is 1. The third-order valence-electron chi connectivity index (χ3n) is 5.29. The Balaban J connectivity index is 1.34. The van der Waals surface area contributed by atoms with Crippen LogP contribution >= 0.6 is 0 Å². The Kier molecular flexibility index (Phi) is 7.53. The van der Waals surface area contributed by atoms with Crippen LogP contribution in [0.4, 0.5) is 0 Å². The van der Waals surface area contributed by atoms with Gasteiger partial charge in [-0.25, -0.2) is 0 Å². The minimum absolute atomic E-state index is 0.145. The van der Waals surface area contributed by atoms with E-state index in [9.17, 15) is 4.79 Å². The number of piperidine rings is 1. The van der Waals surface area contributed by atoms with Crippen LogP contribution in [-0.2, 0) is 17.8 Å². The summed E-state index contributed by atoms with van der Waals surface area (Å²) in [6.45, 7) is 3.59. The minimum atomic E-state index is 0.145. The smallest absolute Gasteiger partial charge is 0.241 e. The predicted molar refractivity (Wildman–Crippen MR) is 113 cm³/mol. The van der Waals surface area contributed by atoms with Crippen LogP contribution in [0.15, 0.2) is 59.9 Å². The number of carbonyl (C=O) groups excluding carboxylic acids is 1. The number of hydrogen-bond acceptors (Lipinski definition) is 2. The van der Waals surface area contributed by atoms with E-state index in [1.807, 2.05) is 29.4 Å². The number of benzene rings is 1. The molecule has 0 bridgehead atoms. The second kappa shape index (κ2) is 10.5. The van der Waals surface area contributed by atoms with Gasteiger partial charge in [-0.05, 0) is 42.9 Å². The van der Waals surface area contributed by atoms with Crippen molar-refractivity contribution in [3.05, 3.63) is 60.4 Å². The van der Waals surface area contributed by atoms with Gasteiger partial charge in [-0.15, -0.1) is 0 Å². The summed E-state index contributed by atoms with van der Waals surface area (Å²) in [7, 11) is 1.73. The zero-order chi connectivity index (χ0) is 19.6. The monoisotopic (exact) mass is 381 g/mol. The molecule has 150 valence electrons. The van der Waals surface area contributed by atoms with Crippen LogP contribution < -0.4 is 10.6 Å². The normalized spacial score (nSPS) is 15.5. The van der Waals surface area contributed by atoms with Gasteiger partial charge in [0.05, 0.1) is 6.54 Å². The van der Waals surface area contributed by atoms with Crippen molar-refractivity contribution in [3.8, 4) is 0 Å². The zero-order valence-electron chi connectivity index (χ0n) is 16.7. The lowest BCUT2D eigenvalue weighted by molar-refractivity contribution is -0.131. The summed E-state index contributed by atoms with van der Waals surface area (Å²) in [5.41, 5.74) is 1.39. The average Bonchev–Trinajstić information content (AvgIpc) is 3.25. The van der Waals surface area contributed by atoms with Gasteiger partial charge in [0.15, 0.2) is 5.96 Å². The van der Waals surface area contributed by atoms with E-state index in [0.717, 1.165) is 45.4 Å². The third-order valence-corrected chi connectivity index (χ3v) is 5.29. The maximum absolute atomic E-state index is 12.5. The predicted octanol–water partition coefficient (Wildman–Crippen LogP) is 2.13. The molecule has 0 aliphatic carbocycles. The SMILES string of the molecule is CN=C(NCCn1cccc1)NCC(=O)N1CCC(Cc2ccccc2)CC1. The van der Waals surface area contributed by atoms with E-state index in [2.05, 4.69) is 50.5 Å². The molecule has 1 fully saturated rings. The number of nitrogens with one attached hydrogen (secondary N) is 2. The Morgan fingerprint density at radius 2 is 1.79 bits per heavy atom. The molecule has 0 radical (unpaired) electrons. The second-order valence-corrected chi connectivity index (χ2v) is 7.29. The fourth-order valence-corrected chi connectivity index (χ4v) is 3.65. The summed E-state index contributed by atoms with van der Waals surface area (Å²) in [5, 5.41) is 6.38. The van der Waals surface area contributed by atoms with Crippen LogP contribution in [0.1, 0.15) is 18.4 Å². The van der Waals surface area contributed by atoms with E-state index >= 15 is 0 Å². The fraction of sp³-hybridized carbons (Fsp3) is 0.455. The topological polar surface area (TPSA) is 61.7 Å². The van der Waals surface area contributed by atoms with Crippen LogP contribution in [0.25, 0.3) is 0 Å². The van der Waals surface area contributed by atoms with Crippen molar-refractivity contribution in [1.29, 1.82) is 0 Å². The highest BCUT2D eigenvalue weighted by atomic mass is 16.2. The number of rotatable bonds is 7. The largest absolute Gasteiger partial charge is 0.355 e. The molecule has 1 aromatic carbocycles. The molecule has 2 heterocycles. The van der Waals surface area contributed by atoms with Crippen molar-refractivity contribution in [3.63, 3.8) is 0 Å². The van der Waals surface area contributed by atoms with Gasteiger partial charge in [0.25, 0.3) is 0 Å². The summed E-state index contributed by atoms with van der Waals surface area (Å²) in [6, 6.07) is 14.6. The van der Waals surface area contributed by atoms with Crippen LogP contribution in [0.5, 0.6) is 0 Å². The number of likely N-dealkylation sites (tertiary alicyclic amines) is 1. The van der Waals surface area contributed by atoms with Gasteiger partial charge in [-0.3, -0.25) is 9.79 Å². The number of hydrogen-bond donors (Lipinski definition) is 2. The van der Waals surface area contributed by atoms with Crippen LogP contribution in [-0.4, -0.2) is 54.6 Å². The van der Waals surface area contributed by atoms with E-state index in [1.165, 1.54) is 5.56 Å². The molecular weight excluding hydrogens is 350 g/mol. The molecule has 6 heteroatoms. The summed E-state index contributed by atoms with van der Waals surface area (Å²) in [4.78, 5) is 18.7. The molecule has 1 aliphatic heterocycles. The lowest BCUT2D eigenvalue weighted by atomic mass is 9.90. The Hall–Kier alpha value is -2.76. The molecule has 28 heavy (non-hydrogen) atoms. The summed E-state index contributed by atoms with van der Waals surface area (Å²) in [5.74, 6) is 1.48. The molecule has 1 saturated heterocycles. The first-order valence-corrected chi connectivity index (χ1v) is 10.1. The molecule has 1 aliphatic rings. The molecule has 0 saturated carbocycles. The highest BCUT2D eigenvalue weighted by molar-refractivity contribution is 5.86. The van der Waals surface area contributed by atoms with Crippen molar-refractivity contribution in [1.82, 2.24) is 20.1 Å². The van der Waals surface area contributed by atoms with E-state index in [1.54, 1.807) is 7.05 Å². The summed E-state index contributed by atoms with van der Waals surface area (Å²) in [6.07, 6.45) is 7.32. The first kappa shape index (κ1) is 20.0.